The summed E-state index contributed by atoms with van der Waals surface area (Å²) in [6.45, 7) is 0.148. The van der Waals surface area contributed by atoms with Crippen molar-refractivity contribution < 1.29 is 36.2 Å². The van der Waals surface area contributed by atoms with E-state index >= 15 is 0 Å². The first kappa shape index (κ1) is 22.1. The Balaban J connectivity index is 1.73. The molecule has 1 saturated carbocycles. The van der Waals surface area contributed by atoms with Gasteiger partial charge in [0, 0.05) is 19.2 Å². The molecule has 2 aromatic rings. The monoisotopic (exact) mass is 443 g/mol. The van der Waals surface area contributed by atoms with E-state index in [1.54, 1.807) is 12.1 Å². The van der Waals surface area contributed by atoms with Crippen molar-refractivity contribution in [2.24, 2.45) is 0 Å². The summed E-state index contributed by atoms with van der Waals surface area (Å²) in [6.07, 6.45) is -4.92. The molecule has 2 aromatic carbocycles. The Labute approximate surface area is 171 Å². The summed E-state index contributed by atoms with van der Waals surface area (Å²) in [5, 5.41) is 9.10. The number of carboxylic acid groups (broad SMARTS) is 1. The van der Waals surface area contributed by atoms with E-state index in [1.165, 1.54) is 29.6 Å². The Morgan fingerprint density at radius 3 is 2.37 bits per heavy atom. The number of ether oxygens (including phenoxy) is 1. The van der Waals surface area contributed by atoms with Crippen LogP contribution in [0, 0.1) is 0 Å². The van der Waals surface area contributed by atoms with Gasteiger partial charge in [-0.05, 0) is 42.7 Å². The van der Waals surface area contributed by atoms with Gasteiger partial charge in [-0.25, -0.2) is 17.5 Å². The smallest absolute Gasteiger partial charge is 0.416 e. The van der Waals surface area contributed by atoms with Crippen LogP contribution in [0.2, 0.25) is 0 Å². The van der Waals surface area contributed by atoms with E-state index in [2.05, 4.69) is 0 Å². The molecule has 0 spiro atoms. The number of hydrogen-bond donors (Lipinski definition) is 1. The third-order valence-electron chi connectivity index (χ3n) is 4.70. The number of rotatable bonds is 8. The maximum atomic E-state index is 12.9. The predicted molar refractivity (Wildman–Crippen MR) is 102 cm³/mol. The van der Waals surface area contributed by atoms with Crippen LogP contribution in [0.5, 0.6) is 5.75 Å². The van der Waals surface area contributed by atoms with Crippen molar-refractivity contribution in [3.63, 3.8) is 0 Å². The van der Waals surface area contributed by atoms with Gasteiger partial charge in [0.05, 0.1) is 10.8 Å². The Bertz CT molecular complexity index is 1020. The van der Waals surface area contributed by atoms with Crippen molar-refractivity contribution in [3.8, 4) is 5.75 Å². The Hall–Kier alpha value is -2.59. The molecule has 0 saturated heterocycles. The first-order valence-corrected chi connectivity index (χ1v) is 10.6. The average molecular weight is 443 g/mol. The van der Waals surface area contributed by atoms with Crippen LogP contribution >= 0.6 is 0 Å². The first-order chi connectivity index (χ1) is 14.0. The topological polar surface area (TPSA) is 83.9 Å². The van der Waals surface area contributed by atoms with E-state index in [1.807, 2.05) is 0 Å². The van der Waals surface area contributed by atoms with Gasteiger partial charge in [-0.15, -0.1) is 0 Å². The van der Waals surface area contributed by atoms with Gasteiger partial charge in [-0.1, -0.05) is 24.3 Å². The zero-order valence-electron chi connectivity index (χ0n) is 16.0. The van der Waals surface area contributed by atoms with Gasteiger partial charge in [-0.3, -0.25) is 0 Å². The third kappa shape index (κ3) is 5.11. The lowest BCUT2D eigenvalue weighted by molar-refractivity contribution is -0.146. The standard InChI is InChI=1S/C20H20F3NO5S/c1-24(30(27,28)17-9-10-17)12-13-5-7-16(8-6-13)29-18(19(25)26)14-3-2-4-15(11-14)20(21,22)23/h2-8,11,17-18H,9-10,12H2,1H3,(H,25,26). The number of sulfonamides is 1. The van der Waals surface area contributed by atoms with Crippen molar-refractivity contribution >= 4 is 16.0 Å². The van der Waals surface area contributed by atoms with Crippen LogP contribution in [0.3, 0.4) is 0 Å². The number of alkyl halides is 3. The summed E-state index contributed by atoms with van der Waals surface area (Å²) in [4.78, 5) is 11.6. The maximum absolute atomic E-state index is 12.9. The van der Waals surface area contributed by atoms with Gasteiger partial charge >= 0.3 is 12.1 Å². The lowest BCUT2D eigenvalue weighted by Crippen LogP contribution is -2.29. The number of nitrogens with zero attached hydrogens (tertiary/aromatic N) is 1. The van der Waals surface area contributed by atoms with Crippen molar-refractivity contribution in [1.29, 1.82) is 0 Å². The normalized spacial score (nSPS) is 15.8. The summed E-state index contributed by atoms with van der Waals surface area (Å²) in [5.74, 6) is -1.30. The highest BCUT2D eigenvalue weighted by Crippen LogP contribution is 2.33. The third-order valence-corrected chi connectivity index (χ3v) is 7.02. The number of aliphatic carboxylic acids is 1. The summed E-state index contributed by atoms with van der Waals surface area (Å²) in [6, 6.07) is 10.0. The summed E-state index contributed by atoms with van der Waals surface area (Å²) in [7, 11) is -1.83. The van der Waals surface area contributed by atoms with Crippen molar-refractivity contribution in [2.75, 3.05) is 7.05 Å². The highest BCUT2D eigenvalue weighted by atomic mass is 32.2. The predicted octanol–water partition coefficient (Wildman–Crippen LogP) is 3.83. The fourth-order valence-electron chi connectivity index (χ4n) is 2.92. The van der Waals surface area contributed by atoms with E-state index in [0.29, 0.717) is 18.4 Å². The van der Waals surface area contributed by atoms with E-state index in [9.17, 15) is 31.5 Å². The minimum Gasteiger partial charge on any atom is -0.478 e. The van der Waals surface area contributed by atoms with E-state index in [4.69, 9.17) is 4.74 Å². The lowest BCUT2D eigenvalue weighted by Gasteiger charge is -2.18. The van der Waals surface area contributed by atoms with Crippen LogP contribution in [0.4, 0.5) is 13.2 Å². The van der Waals surface area contributed by atoms with Crippen LogP contribution in [0.25, 0.3) is 0 Å². The second-order valence-corrected chi connectivity index (χ2v) is 9.42. The molecule has 0 heterocycles. The molecule has 1 aliphatic carbocycles. The van der Waals surface area contributed by atoms with Gasteiger partial charge in [0.15, 0.2) is 0 Å². The lowest BCUT2D eigenvalue weighted by atomic mass is 10.1. The molecule has 10 heteroatoms. The fraction of sp³-hybridized carbons (Fsp3) is 0.350. The van der Waals surface area contributed by atoms with Gasteiger partial charge in [-0.2, -0.15) is 13.2 Å². The number of carbonyl (C=O) groups is 1. The molecule has 6 nitrogen and oxygen atoms in total. The first-order valence-electron chi connectivity index (χ1n) is 9.09. The SMILES string of the molecule is CN(Cc1ccc(OC(C(=O)O)c2cccc(C(F)(F)F)c2)cc1)S(=O)(=O)C1CC1. The zero-order chi connectivity index (χ0) is 22.1. The van der Waals surface area contributed by atoms with Crippen LogP contribution < -0.4 is 4.74 Å². The Morgan fingerprint density at radius 1 is 1.20 bits per heavy atom. The Morgan fingerprint density at radius 2 is 1.83 bits per heavy atom. The summed E-state index contributed by atoms with van der Waals surface area (Å²) in [5.41, 5.74) is -0.443. The molecule has 0 radical (unpaired) electrons. The van der Waals surface area contributed by atoms with Crippen LogP contribution in [-0.2, 0) is 27.5 Å². The number of halogens is 3. The van der Waals surface area contributed by atoms with Gasteiger partial charge in [0.25, 0.3) is 0 Å². The van der Waals surface area contributed by atoms with Crippen molar-refractivity contribution in [2.45, 2.75) is 36.9 Å². The fourth-order valence-corrected chi connectivity index (χ4v) is 4.49. The van der Waals surface area contributed by atoms with E-state index < -0.39 is 33.8 Å². The van der Waals surface area contributed by atoms with Gasteiger partial charge in [0.1, 0.15) is 5.75 Å². The van der Waals surface area contributed by atoms with Crippen molar-refractivity contribution in [3.05, 3.63) is 65.2 Å². The molecule has 162 valence electrons. The summed E-state index contributed by atoms with van der Waals surface area (Å²) < 4.78 is 69.8. The Kier molecular flexibility index (Phi) is 6.09. The molecule has 0 bridgehead atoms. The maximum Gasteiger partial charge on any atom is 0.416 e. The van der Waals surface area contributed by atoms with Crippen LogP contribution in [0.1, 0.15) is 35.6 Å². The molecule has 1 unspecified atom stereocenters. The second kappa shape index (κ2) is 8.27. The highest BCUT2D eigenvalue weighted by molar-refractivity contribution is 7.90. The average Bonchev–Trinajstić information content (AvgIpc) is 3.52. The highest BCUT2D eigenvalue weighted by Gasteiger charge is 2.38. The second-order valence-electron chi connectivity index (χ2n) is 7.10. The van der Waals surface area contributed by atoms with Crippen LogP contribution in [0.15, 0.2) is 48.5 Å². The molecule has 30 heavy (non-hydrogen) atoms. The molecule has 1 N–H and O–H groups in total. The molecule has 1 atom stereocenters. The minimum atomic E-state index is -4.60. The van der Waals surface area contributed by atoms with Gasteiger partial charge < -0.3 is 9.84 Å². The molecule has 0 amide bonds. The molecular formula is C20H20F3NO5S. The number of benzene rings is 2. The number of carboxylic acids is 1. The minimum absolute atomic E-state index is 0.135. The summed E-state index contributed by atoms with van der Waals surface area (Å²) >= 11 is 0. The molecule has 1 fully saturated rings. The van der Waals surface area contributed by atoms with E-state index in [0.717, 1.165) is 18.2 Å². The molecular weight excluding hydrogens is 423 g/mol. The quantitative estimate of drug-likeness (QED) is 0.670. The van der Waals surface area contributed by atoms with Crippen molar-refractivity contribution in [1.82, 2.24) is 4.31 Å². The van der Waals surface area contributed by atoms with E-state index in [-0.39, 0.29) is 23.1 Å². The molecule has 3 rings (SSSR count). The van der Waals surface area contributed by atoms with Crippen LogP contribution in [-0.4, -0.2) is 36.1 Å². The number of hydrogen-bond acceptors (Lipinski definition) is 4. The molecule has 0 aromatic heterocycles. The zero-order valence-corrected chi connectivity index (χ0v) is 16.8. The molecule has 1 aliphatic rings. The van der Waals surface area contributed by atoms with Gasteiger partial charge in [0.2, 0.25) is 16.1 Å². The molecule has 0 aliphatic heterocycles. The largest absolute Gasteiger partial charge is 0.478 e.